The van der Waals surface area contributed by atoms with Gasteiger partial charge in [0.05, 0.1) is 19.1 Å². The number of amides is 1. The van der Waals surface area contributed by atoms with Gasteiger partial charge in [0.25, 0.3) is 5.91 Å². The van der Waals surface area contributed by atoms with Gasteiger partial charge in [-0.15, -0.1) is 0 Å². The number of furan rings is 1. The summed E-state index contributed by atoms with van der Waals surface area (Å²) in [5, 5.41) is 9.70. The van der Waals surface area contributed by atoms with Crippen molar-refractivity contribution in [2.45, 2.75) is 25.3 Å². The number of H-pyrrole nitrogens is 1. The van der Waals surface area contributed by atoms with Gasteiger partial charge in [-0.25, -0.2) is 12.7 Å². The van der Waals surface area contributed by atoms with Crippen molar-refractivity contribution in [3.05, 3.63) is 41.6 Å². The quantitative estimate of drug-likeness (QED) is 0.837. The number of hydrogen-bond donors (Lipinski definition) is 2. The first-order chi connectivity index (χ1) is 11.4. The van der Waals surface area contributed by atoms with Gasteiger partial charge in [0.15, 0.2) is 0 Å². The zero-order chi connectivity index (χ0) is 17.2. The van der Waals surface area contributed by atoms with Crippen LogP contribution in [-0.4, -0.2) is 48.2 Å². The lowest BCUT2D eigenvalue weighted by Gasteiger charge is -2.29. The first kappa shape index (κ1) is 16.7. The van der Waals surface area contributed by atoms with Gasteiger partial charge in [-0.1, -0.05) is 0 Å². The van der Waals surface area contributed by atoms with Crippen molar-refractivity contribution < 1.29 is 17.6 Å². The van der Waals surface area contributed by atoms with E-state index in [-0.39, 0.29) is 11.8 Å². The van der Waals surface area contributed by atoms with Crippen molar-refractivity contribution in [2.24, 2.45) is 0 Å². The number of aromatic amines is 1. The monoisotopic (exact) mass is 352 g/mol. The van der Waals surface area contributed by atoms with Gasteiger partial charge in [-0.3, -0.25) is 9.89 Å². The third-order valence-corrected chi connectivity index (χ3v) is 5.50. The van der Waals surface area contributed by atoms with E-state index in [1.54, 1.807) is 24.5 Å². The van der Waals surface area contributed by atoms with Crippen LogP contribution in [0.3, 0.4) is 0 Å². The fraction of sp³-hybridized carbons (Fsp3) is 0.467. The molecule has 1 amide bonds. The van der Waals surface area contributed by atoms with Crippen molar-refractivity contribution in [3.8, 4) is 0 Å². The molecule has 0 saturated carbocycles. The molecule has 0 aliphatic carbocycles. The van der Waals surface area contributed by atoms with Crippen molar-refractivity contribution in [1.29, 1.82) is 0 Å². The fourth-order valence-electron chi connectivity index (χ4n) is 2.83. The molecule has 1 aliphatic heterocycles. The second-order valence-electron chi connectivity index (χ2n) is 5.91. The molecule has 1 fully saturated rings. The second kappa shape index (κ2) is 6.78. The van der Waals surface area contributed by atoms with E-state index in [1.165, 1.54) is 10.6 Å². The number of sulfonamides is 1. The van der Waals surface area contributed by atoms with Crippen LogP contribution >= 0.6 is 0 Å². The lowest BCUT2D eigenvalue weighted by molar-refractivity contribution is 0.0943. The van der Waals surface area contributed by atoms with Gasteiger partial charge in [0, 0.05) is 24.7 Å². The van der Waals surface area contributed by atoms with Crippen LogP contribution in [-0.2, 0) is 16.6 Å². The standard InChI is InChI=1S/C15H20N4O4S/c1-24(21,22)19-6-4-11(5-7-19)13-9-14(18-17-13)15(20)16-10-12-3-2-8-23-12/h2-3,8-9,11H,4-7,10H2,1H3,(H,16,20)(H,17,18). The maximum atomic E-state index is 12.1. The maximum Gasteiger partial charge on any atom is 0.272 e. The van der Waals surface area contributed by atoms with Gasteiger partial charge >= 0.3 is 0 Å². The molecule has 130 valence electrons. The summed E-state index contributed by atoms with van der Waals surface area (Å²) in [6.45, 7) is 1.28. The van der Waals surface area contributed by atoms with E-state index in [0.717, 1.165) is 5.69 Å². The highest BCUT2D eigenvalue weighted by Crippen LogP contribution is 2.27. The molecule has 9 heteroatoms. The molecule has 1 saturated heterocycles. The first-order valence-electron chi connectivity index (χ1n) is 7.74. The molecule has 0 atom stereocenters. The molecule has 0 spiro atoms. The third kappa shape index (κ3) is 3.85. The summed E-state index contributed by atoms with van der Waals surface area (Å²) in [4.78, 5) is 12.1. The van der Waals surface area contributed by atoms with Crippen LogP contribution in [0.1, 0.15) is 40.7 Å². The summed E-state index contributed by atoms with van der Waals surface area (Å²) in [5.74, 6) is 0.580. The Labute approximate surface area is 140 Å². The number of piperidine rings is 1. The number of rotatable bonds is 5. The minimum atomic E-state index is -3.13. The predicted molar refractivity (Wildman–Crippen MR) is 86.9 cm³/mol. The summed E-state index contributed by atoms with van der Waals surface area (Å²) in [6.07, 6.45) is 4.20. The molecule has 24 heavy (non-hydrogen) atoms. The third-order valence-electron chi connectivity index (χ3n) is 4.20. The van der Waals surface area contributed by atoms with Gasteiger partial charge < -0.3 is 9.73 Å². The SMILES string of the molecule is CS(=O)(=O)N1CCC(c2cc(C(=O)NCc3ccco3)n[nH]2)CC1. The van der Waals surface area contributed by atoms with Crippen molar-refractivity contribution >= 4 is 15.9 Å². The van der Waals surface area contributed by atoms with Crippen LogP contribution in [0.2, 0.25) is 0 Å². The van der Waals surface area contributed by atoms with Gasteiger partial charge in [-0.05, 0) is 31.0 Å². The normalized spacial score (nSPS) is 17.0. The molecule has 2 N–H and O–H groups in total. The Morgan fingerprint density at radius 2 is 2.21 bits per heavy atom. The molecule has 0 bridgehead atoms. The van der Waals surface area contributed by atoms with E-state index < -0.39 is 10.0 Å². The molecule has 3 heterocycles. The average molecular weight is 352 g/mol. The largest absolute Gasteiger partial charge is 0.467 e. The van der Waals surface area contributed by atoms with Crippen LogP contribution in [0, 0.1) is 0 Å². The minimum Gasteiger partial charge on any atom is -0.467 e. The first-order valence-corrected chi connectivity index (χ1v) is 9.59. The molecule has 8 nitrogen and oxygen atoms in total. The molecule has 0 unspecified atom stereocenters. The van der Waals surface area contributed by atoms with Crippen LogP contribution in [0.5, 0.6) is 0 Å². The number of carbonyl (C=O) groups is 1. The van der Waals surface area contributed by atoms with E-state index in [4.69, 9.17) is 4.42 Å². The zero-order valence-corrected chi connectivity index (χ0v) is 14.2. The minimum absolute atomic E-state index is 0.183. The van der Waals surface area contributed by atoms with Crippen LogP contribution in [0.25, 0.3) is 0 Å². The lowest BCUT2D eigenvalue weighted by atomic mass is 9.94. The smallest absolute Gasteiger partial charge is 0.272 e. The fourth-order valence-corrected chi connectivity index (χ4v) is 3.71. The van der Waals surface area contributed by atoms with Gasteiger partial charge in [0.1, 0.15) is 11.5 Å². The van der Waals surface area contributed by atoms with E-state index in [2.05, 4.69) is 15.5 Å². The lowest BCUT2D eigenvalue weighted by Crippen LogP contribution is -2.37. The summed E-state index contributed by atoms with van der Waals surface area (Å²) in [7, 11) is -3.13. The highest BCUT2D eigenvalue weighted by atomic mass is 32.2. The molecular weight excluding hydrogens is 332 g/mol. The Balaban J connectivity index is 1.56. The molecule has 2 aromatic rings. The highest BCUT2D eigenvalue weighted by Gasteiger charge is 2.27. The number of nitrogens with zero attached hydrogens (tertiary/aromatic N) is 2. The molecule has 0 radical (unpaired) electrons. The topological polar surface area (TPSA) is 108 Å². The summed E-state index contributed by atoms with van der Waals surface area (Å²) >= 11 is 0. The number of nitrogens with one attached hydrogen (secondary N) is 2. The molecule has 1 aliphatic rings. The molecule has 2 aromatic heterocycles. The second-order valence-corrected chi connectivity index (χ2v) is 7.89. The average Bonchev–Trinajstić information content (AvgIpc) is 3.23. The highest BCUT2D eigenvalue weighted by molar-refractivity contribution is 7.88. The van der Waals surface area contributed by atoms with Crippen LogP contribution in [0.15, 0.2) is 28.9 Å². The molecular formula is C15H20N4O4S. The van der Waals surface area contributed by atoms with E-state index >= 15 is 0 Å². The van der Waals surface area contributed by atoms with Crippen molar-refractivity contribution in [2.75, 3.05) is 19.3 Å². The molecule has 0 aromatic carbocycles. The summed E-state index contributed by atoms with van der Waals surface area (Å²) in [6, 6.07) is 5.28. The van der Waals surface area contributed by atoms with Crippen LogP contribution in [0.4, 0.5) is 0 Å². The zero-order valence-electron chi connectivity index (χ0n) is 13.4. The van der Waals surface area contributed by atoms with Crippen LogP contribution < -0.4 is 5.32 Å². The van der Waals surface area contributed by atoms with E-state index in [1.807, 2.05) is 0 Å². The summed E-state index contributed by atoms with van der Waals surface area (Å²) in [5.41, 5.74) is 1.19. The number of aromatic nitrogens is 2. The predicted octanol–water partition coefficient (Wildman–Crippen LogP) is 1.07. The Morgan fingerprint density at radius 1 is 1.46 bits per heavy atom. The van der Waals surface area contributed by atoms with Crippen molar-refractivity contribution in [1.82, 2.24) is 19.8 Å². The maximum absolute atomic E-state index is 12.1. The summed E-state index contributed by atoms with van der Waals surface area (Å²) < 4.78 is 29.7. The van der Waals surface area contributed by atoms with Gasteiger partial charge in [-0.2, -0.15) is 5.10 Å². The number of hydrogen-bond acceptors (Lipinski definition) is 5. The Bertz CT molecular complexity index is 789. The molecule has 3 rings (SSSR count). The Morgan fingerprint density at radius 3 is 2.83 bits per heavy atom. The number of carbonyl (C=O) groups excluding carboxylic acids is 1. The van der Waals surface area contributed by atoms with E-state index in [0.29, 0.717) is 43.9 Å². The van der Waals surface area contributed by atoms with E-state index in [9.17, 15) is 13.2 Å². The Hall–Kier alpha value is -2.13. The van der Waals surface area contributed by atoms with Crippen molar-refractivity contribution in [3.63, 3.8) is 0 Å². The Kier molecular flexibility index (Phi) is 4.72. The van der Waals surface area contributed by atoms with Gasteiger partial charge in [0.2, 0.25) is 10.0 Å².